The summed E-state index contributed by atoms with van der Waals surface area (Å²) in [5, 5.41) is 0.835. The molecule has 24 heavy (non-hydrogen) atoms. The van der Waals surface area contributed by atoms with Gasteiger partial charge < -0.3 is 9.64 Å². The maximum absolute atomic E-state index is 6.30. The van der Waals surface area contributed by atoms with Crippen LogP contribution in [0.25, 0.3) is 6.08 Å². The van der Waals surface area contributed by atoms with Crippen molar-refractivity contribution < 1.29 is 4.74 Å². The molecule has 0 aromatic heterocycles. The van der Waals surface area contributed by atoms with Crippen molar-refractivity contribution in [3.05, 3.63) is 65.2 Å². The Morgan fingerprint density at radius 2 is 1.71 bits per heavy atom. The first-order valence-electron chi connectivity index (χ1n) is 8.29. The average molecular weight is 343 g/mol. The van der Waals surface area contributed by atoms with E-state index in [0.717, 1.165) is 54.7 Å². The van der Waals surface area contributed by atoms with Crippen LogP contribution in [0, 0.1) is 0 Å². The van der Waals surface area contributed by atoms with E-state index in [1.54, 1.807) is 7.11 Å². The molecule has 0 saturated carbocycles. The van der Waals surface area contributed by atoms with Gasteiger partial charge in [0.1, 0.15) is 5.75 Å². The Hall–Kier alpha value is -1.97. The summed E-state index contributed by atoms with van der Waals surface area (Å²) in [4.78, 5) is 4.82. The van der Waals surface area contributed by atoms with E-state index in [4.69, 9.17) is 16.3 Å². The molecule has 1 heterocycles. The molecular weight excluding hydrogens is 320 g/mol. The SMILES string of the molecule is COc1ccccc1/C=C\CN1CCN(c2ccccc2Cl)CC1. The fraction of sp³-hybridized carbons (Fsp3) is 0.300. The lowest BCUT2D eigenvalue weighted by Crippen LogP contribution is -2.46. The van der Waals surface area contributed by atoms with E-state index in [2.05, 4.69) is 34.1 Å². The van der Waals surface area contributed by atoms with Gasteiger partial charge in [0.15, 0.2) is 0 Å². The van der Waals surface area contributed by atoms with Gasteiger partial charge in [0.25, 0.3) is 0 Å². The van der Waals surface area contributed by atoms with Gasteiger partial charge in [0.2, 0.25) is 0 Å². The molecule has 0 atom stereocenters. The Labute approximate surface area is 149 Å². The van der Waals surface area contributed by atoms with Crippen LogP contribution in [0.4, 0.5) is 5.69 Å². The highest BCUT2D eigenvalue weighted by Crippen LogP contribution is 2.26. The van der Waals surface area contributed by atoms with E-state index in [0.29, 0.717) is 0 Å². The molecule has 1 aliphatic rings. The van der Waals surface area contributed by atoms with Gasteiger partial charge in [-0.2, -0.15) is 0 Å². The van der Waals surface area contributed by atoms with E-state index in [1.807, 2.05) is 36.4 Å². The maximum Gasteiger partial charge on any atom is 0.126 e. The topological polar surface area (TPSA) is 15.7 Å². The van der Waals surface area contributed by atoms with E-state index in [1.165, 1.54) is 0 Å². The minimum absolute atomic E-state index is 0.835. The van der Waals surface area contributed by atoms with Crippen LogP contribution < -0.4 is 9.64 Å². The van der Waals surface area contributed by atoms with Gasteiger partial charge in [-0.1, -0.05) is 54.1 Å². The van der Waals surface area contributed by atoms with Gasteiger partial charge in [-0.15, -0.1) is 0 Å². The summed E-state index contributed by atoms with van der Waals surface area (Å²) in [5.74, 6) is 0.914. The minimum Gasteiger partial charge on any atom is -0.496 e. The molecule has 0 radical (unpaired) electrons. The lowest BCUT2D eigenvalue weighted by Gasteiger charge is -2.36. The molecule has 2 aromatic carbocycles. The van der Waals surface area contributed by atoms with Crippen LogP contribution in [0.5, 0.6) is 5.75 Å². The van der Waals surface area contributed by atoms with Gasteiger partial charge in [0, 0.05) is 38.3 Å². The number of hydrogen-bond donors (Lipinski definition) is 0. The fourth-order valence-electron chi connectivity index (χ4n) is 3.01. The second-order valence-corrected chi connectivity index (χ2v) is 6.29. The monoisotopic (exact) mass is 342 g/mol. The van der Waals surface area contributed by atoms with Crippen molar-refractivity contribution in [2.45, 2.75) is 0 Å². The number of methoxy groups -OCH3 is 1. The Morgan fingerprint density at radius 3 is 2.46 bits per heavy atom. The molecule has 126 valence electrons. The van der Waals surface area contributed by atoms with Crippen molar-refractivity contribution in [1.82, 2.24) is 4.90 Å². The van der Waals surface area contributed by atoms with Crippen LogP contribution >= 0.6 is 11.6 Å². The van der Waals surface area contributed by atoms with E-state index in [-0.39, 0.29) is 0 Å². The highest BCUT2D eigenvalue weighted by molar-refractivity contribution is 6.33. The predicted octanol–water partition coefficient (Wildman–Crippen LogP) is 4.18. The first-order chi connectivity index (χ1) is 11.8. The van der Waals surface area contributed by atoms with Crippen molar-refractivity contribution in [2.24, 2.45) is 0 Å². The number of anilines is 1. The number of piperazine rings is 1. The fourth-order valence-corrected chi connectivity index (χ4v) is 3.27. The Morgan fingerprint density at radius 1 is 1.00 bits per heavy atom. The Kier molecular flexibility index (Phi) is 5.78. The number of para-hydroxylation sites is 2. The van der Waals surface area contributed by atoms with Gasteiger partial charge in [-0.3, -0.25) is 4.90 Å². The summed E-state index contributed by atoms with van der Waals surface area (Å²) in [5.41, 5.74) is 2.26. The van der Waals surface area contributed by atoms with Gasteiger partial charge >= 0.3 is 0 Å². The highest BCUT2D eigenvalue weighted by atomic mass is 35.5. The molecule has 0 N–H and O–H groups in total. The van der Waals surface area contributed by atoms with Gasteiger partial charge in [0.05, 0.1) is 17.8 Å². The molecule has 3 rings (SSSR count). The lowest BCUT2D eigenvalue weighted by atomic mass is 10.2. The van der Waals surface area contributed by atoms with Crippen molar-refractivity contribution in [3.63, 3.8) is 0 Å². The molecule has 1 aliphatic heterocycles. The molecule has 4 heteroatoms. The molecular formula is C20H23ClN2O. The zero-order valence-corrected chi connectivity index (χ0v) is 14.7. The number of ether oxygens (including phenoxy) is 1. The number of hydrogen-bond acceptors (Lipinski definition) is 3. The molecule has 0 spiro atoms. The molecule has 1 fully saturated rings. The van der Waals surface area contributed by atoms with Crippen molar-refractivity contribution in [3.8, 4) is 5.75 Å². The first-order valence-corrected chi connectivity index (χ1v) is 8.67. The van der Waals surface area contributed by atoms with Crippen LogP contribution in [0.2, 0.25) is 5.02 Å². The van der Waals surface area contributed by atoms with Crippen LogP contribution in [-0.2, 0) is 0 Å². The predicted molar refractivity (Wildman–Crippen MR) is 102 cm³/mol. The van der Waals surface area contributed by atoms with Crippen LogP contribution in [0.3, 0.4) is 0 Å². The number of benzene rings is 2. The molecule has 0 unspecified atom stereocenters. The molecule has 3 nitrogen and oxygen atoms in total. The summed E-state index contributed by atoms with van der Waals surface area (Å²) >= 11 is 6.30. The normalized spacial score (nSPS) is 15.8. The number of halogens is 1. The van der Waals surface area contributed by atoms with E-state index in [9.17, 15) is 0 Å². The number of nitrogens with zero attached hydrogens (tertiary/aromatic N) is 2. The van der Waals surface area contributed by atoms with Crippen molar-refractivity contribution in [2.75, 3.05) is 44.7 Å². The van der Waals surface area contributed by atoms with E-state index < -0.39 is 0 Å². The third-order valence-corrected chi connectivity index (χ3v) is 4.68. The summed E-state index contributed by atoms with van der Waals surface area (Å²) in [7, 11) is 1.71. The average Bonchev–Trinajstić information content (AvgIpc) is 2.63. The zero-order valence-electron chi connectivity index (χ0n) is 14.0. The smallest absolute Gasteiger partial charge is 0.126 e. The molecule has 0 bridgehead atoms. The van der Waals surface area contributed by atoms with Crippen LogP contribution in [0.15, 0.2) is 54.6 Å². The lowest BCUT2D eigenvalue weighted by molar-refractivity contribution is 0.284. The summed E-state index contributed by atoms with van der Waals surface area (Å²) in [6, 6.07) is 16.2. The minimum atomic E-state index is 0.835. The zero-order chi connectivity index (χ0) is 16.8. The Balaban J connectivity index is 1.52. The second kappa shape index (κ2) is 8.22. The highest BCUT2D eigenvalue weighted by Gasteiger charge is 2.17. The molecule has 1 saturated heterocycles. The number of rotatable bonds is 5. The third kappa shape index (κ3) is 4.11. The standard InChI is InChI=1S/C20H23ClN2O/c1-24-20-11-5-2-7-17(20)8-6-12-22-13-15-23(16-14-22)19-10-4-3-9-18(19)21/h2-11H,12-16H2,1H3/b8-6-. The summed E-state index contributed by atoms with van der Waals surface area (Å²) in [6.45, 7) is 5.05. The Bertz CT molecular complexity index is 694. The third-order valence-electron chi connectivity index (χ3n) is 4.37. The molecule has 0 amide bonds. The van der Waals surface area contributed by atoms with Crippen molar-refractivity contribution in [1.29, 1.82) is 0 Å². The molecule has 2 aromatic rings. The van der Waals surface area contributed by atoms with Gasteiger partial charge in [-0.05, 0) is 18.2 Å². The van der Waals surface area contributed by atoms with Gasteiger partial charge in [-0.25, -0.2) is 0 Å². The maximum atomic E-state index is 6.30. The van der Waals surface area contributed by atoms with Crippen molar-refractivity contribution >= 4 is 23.4 Å². The summed E-state index contributed by atoms with van der Waals surface area (Å²) in [6.07, 6.45) is 4.35. The largest absolute Gasteiger partial charge is 0.496 e. The van der Waals surface area contributed by atoms with Crippen LogP contribution in [-0.4, -0.2) is 44.7 Å². The first kappa shape index (κ1) is 16.9. The van der Waals surface area contributed by atoms with E-state index >= 15 is 0 Å². The second-order valence-electron chi connectivity index (χ2n) is 5.88. The van der Waals surface area contributed by atoms with Crippen LogP contribution in [0.1, 0.15) is 5.56 Å². The summed E-state index contributed by atoms with van der Waals surface area (Å²) < 4.78 is 5.38. The molecule has 0 aliphatic carbocycles. The quantitative estimate of drug-likeness (QED) is 0.810.